The predicted molar refractivity (Wildman–Crippen MR) is 82.9 cm³/mol. The highest BCUT2D eigenvalue weighted by Gasteiger charge is 2.31. The van der Waals surface area contributed by atoms with Gasteiger partial charge in [-0.05, 0) is 30.2 Å². The van der Waals surface area contributed by atoms with E-state index >= 15 is 0 Å². The molecule has 2 rings (SSSR count). The van der Waals surface area contributed by atoms with E-state index in [2.05, 4.69) is 15.4 Å². The Balaban J connectivity index is 2.14. The zero-order chi connectivity index (χ0) is 19.3. The maximum atomic E-state index is 13.4. The summed E-state index contributed by atoms with van der Waals surface area (Å²) in [6.07, 6.45) is -4.88. The van der Waals surface area contributed by atoms with E-state index in [0.29, 0.717) is 11.6 Å². The number of aliphatic hydroxyl groups excluding tert-OH is 1. The molecule has 2 aromatic rings. The molecule has 0 radical (unpaired) electrons. The van der Waals surface area contributed by atoms with Gasteiger partial charge in [0, 0.05) is 30.1 Å². The van der Waals surface area contributed by atoms with E-state index < -0.39 is 29.8 Å². The van der Waals surface area contributed by atoms with Crippen LogP contribution < -0.4 is 15.4 Å². The second-order valence-corrected chi connectivity index (χ2v) is 5.08. The van der Waals surface area contributed by atoms with Gasteiger partial charge in [0.25, 0.3) is 0 Å². The molecule has 0 bridgehead atoms. The molecule has 0 spiro atoms. The minimum Gasteiger partial charge on any atom is -0.406 e. The average molecular weight is 376 g/mol. The molecular formula is C16H13F5N2O3. The number of halogens is 5. The normalized spacial score (nSPS) is 11.2. The Morgan fingerprint density at radius 3 is 2.42 bits per heavy atom. The lowest BCUT2D eigenvalue weighted by Gasteiger charge is -2.13. The summed E-state index contributed by atoms with van der Waals surface area (Å²) in [6.45, 7) is -0.246. The number of urea groups is 1. The molecule has 10 heteroatoms. The summed E-state index contributed by atoms with van der Waals surface area (Å²) in [7, 11) is 0. The summed E-state index contributed by atoms with van der Waals surface area (Å²) >= 11 is 0. The van der Waals surface area contributed by atoms with Crippen LogP contribution in [0.2, 0.25) is 0 Å². The molecule has 0 fully saturated rings. The number of ether oxygens (including phenoxy) is 1. The Morgan fingerprint density at radius 2 is 1.77 bits per heavy atom. The molecule has 3 N–H and O–H groups in total. The summed E-state index contributed by atoms with van der Waals surface area (Å²) in [5.41, 5.74) is 0.186. The molecule has 0 saturated heterocycles. The van der Waals surface area contributed by atoms with Crippen molar-refractivity contribution in [3.05, 3.63) is 53.6 Å². The molecule has 0 saturated carbocycles. The second kappa shape index (κ2) is 8.00. The van der Waals surface area contributed by atoms with E-state index in [0.717, 1.165) is 24.3 Å². The largest absolute Gasteiger partial charge is 0.573 e. The van der Waals surface area contributed by atoms with Crippen LogP contribution in [-0.4, -0.2) is 24.1 Å². The minimum absolute atomic E-state index is 0.0553. The van der Waals surface area contributed by atoms with Crippen LogP contribution in [0.15, 0.2) is 36.4 Å². The maximum absolute atomic E-state index is 13.4. The van der Waals surface area contributed by atoms with Gasteiger partial charge in [-0.1, -0.05) is 6.07 Å². The monoisotopic (exact) mass is 376 g/mol. The summed E-state index contributed by atoms with van der Waals surface area (Å²) in [5.74, 6) is -2.55. The van der Waals surface area contributed by atoms with Crippen molar-refractivity contribution in [2.24, 2.45) is 0 Å². The second-order valence-electron chi connectivity index (χ2n) is 5.08. The lowest BCUT2D eigenvalue weighted by molar-refractivity contribution is -0.274. The fourth-order valence-electron chi connectivity index (χ4n) is 2.12. The summed E-state index contributed by atoms with van der Waals surface area (Å²) in [4.78, 5) is 12.0. The van der Waals surface area contributed by atoms with Gasteiger partial charge in [0.15, 0.2) is 0 Å². The van der Waals surface area contributed by atoms with E-state index in [1.807, 2.05) is 0 Å². The quantitative estimate of drug-likeness (QED) is 0.690. The van der Waals surface area contributed by atoms with Gasteiger partial charge < -0.3 is 20.5 Å². The minimum atomic E-state index is -5.02. The number of hydrogen-bond acceptors (Lipinski definition) is 3. The molecule has 0 heterocycles. The number of carbonyl (C=O) groups excluding carboxylic acids is 1. The van der Waals surface area contributed by atoms with Crippen molar-refractivity contribution >= 4 is 17.4 Å². The third kappa shape index (κ3) is 5.88. The summed E-state index contributed by atoms with van der Waals surface area (Å²) in [6, 6.07) is 4.62. The number of amides is 2. The Morgan fingerprint density at radius 1 is 1.04 bits per heavy atom. The van der Waals surface area contributed by atoms with E-state index in [9.17, 15) is 26.7 Å². The highest BCUT2D eigenvalue weighted by molar-refractivity contribution is 6.00. The van der Waals surface area contributed by atoms with Gasteiger partial charge in [-0.3, -0.25) is 0 Å². The van der Waals surface area contributed by atoms with Crippen molar-refractivity contribution < 1.29 is 36.6 Å². The highest BCUT2D eigenvalue weighted by atomic mass is 19.4. The molecule has 0 aromatic heterocycles. The average Bonchev–Trinajstić information content (AvgIpc) is 2.47. The Kier molecular flexibility index (Phi) is 5.98. The summed E-state index contributed by atoms with van der Waals surface area (Å²) in [5, 5.41) is 13.4. The van der Waals surface area contributed by atoms with Crippen molar-refractivity contribution in [2.75, 3.05) is 17.2 Å². The lowest BCUT2D eigenvalue weighted by Crippen LogP contribution is -2.21. The Labute approximate surface area is 144 Å². The van der Waals surface area contributed by atoms with Crippen LogP contribution in [0, 0.1) is 11.6 Å². The fraction of sp³-hybridized carbons (Fsp3) is 0.188. The molecule has 2 aromatic carbocycles. The molecule has 2 amide bonds. The van der Waals surface area contributed by atoms with Crippen LogP contribution in [-0.2, 0) is 6.42 Å². The maximum Gasteiger partial charge on any atom is 0.573 e. The first kappa shape index (κ1) is 19.4. The van der Waals surface area contributed by atoms with Gasteiger partial charge >= 0.3 is 12.4 Å². The van der Waals surface area contributed by atoms with Gasteiger partial charge in [0.2, 0.25) is 0 Å². The van der Waals surface area contributed by atoms with Crippen LogP contribution in [0.4, 0.5) is 38.1 Å². The first-order valence-electron chi connectivity index (χ1n) is 7.20. The predicted octanol–water partition coefficient (Wildman–Crippen LogP) is 4.04. The number of hydrogen-bond donors (Lipinski definition) is 3. The van der Waals surface area contributed by atoms with Gasteiger partial charge in [-0.25, -0.2) is 13.6 Å². The molecule has 0 atom stereocenters. The van der Waals surface area contributed by atoms with E-state index in [1.165, 1.54) is 6.07 Å². The van der Waals surface area contributed by atoms with Crippen molar-refractivity contribution in [3.8, 4) is 5.75 Å². The van der Waals surface area contributed by atoms with E-state index in [-0.39, 0.29) is 24.4 Å². The molecule has 0 aliphatic rings. The van der Waals surface area contributed by atoms with Crippen LogP contribution in [0.5, 0.6) is 5.75 Å². The number of carbonyl (C=O) groups is 1. The molecular weight excluding hydrogens is 363 g/mol. The number of alkyl halides is 3. The molecule has 26 heavy (non-hydrogen) atoms. The third-order valence-corrected chi connectivity index (χ3v) is 3.06. The fourth-order valence-corrected chi connectivity index (χ4v) is 2.12. The first-order chi connectivity index (χ1) is 12.2. The van der Waals surface area contributed by atoms with Crippen LogP contribution >= 0.6 is 0 Å². The Hall–Kier alpha value is -2.88. The number of aliphatic hydroxyl groups is 1. The van der Waals surface area contributed by atoms with Gasteiger partial charge in [0.1, 0.15) is 17.4 Å². The van der Waals surface area contributed by atoms with Crippen LogP contribution in [0.25, 0.3) is 0 Å². The zero-order valence-corrected chi connectivity index (χ0v) is 13.0. The number of benzene rings is 2. The smallest absolute Gasteiger partial charge is 0.406 e. The molecule has 140 valence electrons. The lowest BCUT2D eigenvalue weighted by atomic mass is 10.1. The highest BCUT2D eigenvalue weighted by Crippen LogP contribution is 2.27. The third-order valence-electron chi connectivity index (χ3n) is 3.06. The van der Waals surface area contributed by atoms with E-state index in [4.69, 9.17) is 5.11 Å². The van der Waals surface area contributed by atoms with Crippen LogP contribution in [0.1, 0.15) is 5.56 Å². The zero-order valence-electron chi connectivity index (χ0n) is 13.0. The van der Waals surface area contributed by atoms with Crippen LogP contribution in [0.3, 0.4) is 0 Å². The first-order valence-corrected chi connectivity index (χ1v) is 7.20. The molecule has 0 aliphatic heterocycles. The Bertz CT molecular complexity index is 796. The molecule has 0 unspecified atom stereocenters. The van der Waals surface area contributed by atoms with Gasteiger partial charge in [-0.15, -0.1) is 13.2 Å². The standard InChI is InChI=1S/C16H13F5N2O3/c17-10-2-1-9(3-4-24)14(7-10)23-15(25)22-12-5-11(18)6-13(8-12)26-16(19,20)21/h1-2,5-8,24H,3-4H2,(H2,22,23,25). The van der Waals surface area contributed by atoms with Crippen molar-refractivity contribution in [3.63, 3.8) is 0 Å². The summed E-state index contributed by atoms with van der Waals surface area (Å²) < 4.78 is 67.0. The number of anilines is 2. The van der Waals surface area contributed by atoms with Crippen molar-refractivity contribution in [2.45, 2.75) is 12.8 Å². The van der Waals surface area contributed by atoms with E-state index in [1.54, 1.807) is 0 Å². The molecule has 5 nitrogen and oxygen atoms in total. The van der Waals surface area contributed by atoms with Gasteiger partial charge in [0.05, 0.1) is 0 Å². The van der Waals surface area contributed by atoms with Crippen molar-refractivity contribution in [1.82, 2.24) is 0 Å². The molecule has 0 aliphatic carbocycles. The number of nitrogens with one attached hydrogen (secondary N) is 2. The topological polar surface area (TPSA) is 70.6 Å². The SMILES string of the molecule is O=C(Nc1cc(F)cc(OC(F)(F)F)c1)Nc1cc(F)ccc1CCO. The number of rotatable bonds is 5. The van der Waals surface area contributed by atoms with Gasteiger partial charge in [-0.2, -0.15) is 0 Å². The van der Waals surface area contributed by atoms with Crippen molar-refractivity contribution in [1.29, 1.82) is 0 Å².